The molecule has 1 aromatic heterocycles. The lowest BCUT2D eigenvalue weighted by Gasteiger charge is -2.10. The number of hydrogen-bond acceptors (Lipinski definition) is 2. The monoisotopic (exact) mass is 244 g/mol. The highest BCUT2D eigenvalue weighted by Crippen LogP contribution is 2.21. The summed E-state index contributed by atoms with van der Waals surface area (Å²) in [6.07, 6.45) is 0. The van der Waals surface area contributed by atoms with E-state index in [1.54, 1.807) is 13.0 Å². The Bertz CT molecular complexity index is 699. The molecule has 0 unspecified atom stereocenters. The molecule has 94 valence electrons. The largest absolute Gasteiger partial charge is 0.358 e. The quantitative estimate of drug-likeness (QED) is 0.809. The van der Waals surface area contributed by atoms with Crippen molar-refractivity contribution in [1.29, 1.82) is 0 Å². The summed E-state index contributed by atoms with van der Waals surface area (Å²) in [5, 5.41) is 3.32. The van der Waals surface area contributed by atoms with Crippen LogP contribution in [0.25, 0.3) is 10.9 Å². The van der Waals surface area contributed by atoms with Gasteiger partial charge in [0.15, 0.2) is 5.43 Å². The van der Waals surface area contributed by atoms with Crippen molar-refractivity contribution in [2.24, 2.45) is 0 Å². The highest BCUT2D eigenvalue weighted by Gasteiger charge is 2.09. The van der Waals surface area contributed by atoms with E-state index in [2.05, 4.69) is 10.3 Å². The highest BCUT2D eigenvalue weighted by atomic mass is 16.1. The number of hydrogen-bond donors (Lipinski definition) is 2. The van der Waals surface area contributed by atoms with Crippen LogP contribution in [0, 0.1) is 20.8 Å². The summed E-state index contributed by atoms with van der Waals surface area (Å²) < 4.78 is 0. The average Bonchev–Trinajstić information content (AvgIpc) is 2.27. The van der Waals surface area contributed by atoms with Crippen LogP contribution >= 0.6 is 0 Å². The fraction of sp³-hybridized carbons (Fsp3) is 0.286. The molecule has 0 aliphatic heterocycles. The molecule has 1 heterocycles. The molecule has 0 aliphatic carbocycles. The van der Waals surface area contributed by atoms with E-state index in [1.165, 1.54) is 6.92 Å². The molecule has 0 radical (unpaired) electrons. The number of nitrogens with one attached hydrogen (secondary N) is 2. The van der Waals surface area contributed by atoms with Crippen LogP contribution in [0.1, 0.15) is 23.7 Å². The number of H-pyrrole nitrogens is 1. The standard InChI is InChI=1S/C14H16N2O2/c1-7-5-11(16-10(4)17)6-12-13(7)15-9(3)8(2)14(12)18/h5-6H,1-4H3,(H,15,18)(H,16,17). The summed E-state index contributed by atoms with van der Waals surface area (Å²) in [4.78, 5) is 26.5. The first-order valence-electron chi connectivity index (χ1n) is 5.81. The third-order valence-electron chi connectivity index (χ3n) is 3.12. The second-order valence-corrected chi connectivity index (χ2v) is 4.60. The molecule has 0 saturated carbocycles. The van der Waals surface area contributed by atoms with E-state index in [9.17, 15) is 9.59 Å². The second kappa shape index (κ2) is 4.29. The number of rotatable bonds is 1. The zero-order valence-corrected chi connectivity index (χ0v) is 11.0. The van der Waals surface area contributed by atoms with Crippen molar-refractivity contribution in [3.63, 3.8) is 0 Å². The number of pyridine rings is 1. The van der Waals surface area contributed by atoms with Gasteiger partial charge in [-0.15, -0.1) is 0 Å². The predicted molar refractivity (Wildman–Crippen MR) is 73.1 cm³/mol. The number of carbonyl (C=O) groups excluding carboxylic acids is 1. The number of aromatic nitrogens is 1. The molecule has 18 heavy (non-hydrogen) atoms. The number of benzene rings is 1. The summed E-state index contributed by atoms with van der Waals surface area (Å²) in [6, 6.07) is 3.57. The minimum atomic E-state index is -0.144. The minimum Gasteiger partial charge on any atom is -0.358 e. The van der Waals surface area contributed by atoms with Gasteiger partial charge in [0.25, 0.3) is 0 Å². The van der Waals surface area contributed by atoms with Crippen LogP contribution in [0.15, 0.2) is 16.9 Å². The van der Waals surface area contributed by atoms with Gasteiger partial charge in [0.1, 0.15) is 0 Å². The lowest BCUT2D eigenvalue weighted by molar-refractivity contribution is -0.114. The molecular weight excluding hydrogens is 228 g/mol. The Labute approximate surface area is 105 Å². The van der Waals surface area contributed by atoms with E-state index in [-0.39, 0.29) is 11.3 Å². The molecule has 0 bridgehead atoms. The molecule has 0 aliphatic rings. The Hall–Kier alpha value is -2.10. The van der Waals surface area contributed by atoms with Crippen molar-refractivity contribution in [3.8, 4) is 0 Å². The van der Waals surface area contributed by atoms with Crippen molar-refractivity contribution in [2.75, 3.05) is 5.32 Å². The summed E-state index contributed by atoms with van der Waals surface area (Å²) >= 11 is 0. The Morgan fingerprint density at radius 3 is 2.50 bits per heavy atom. The van der Waals surface area contributed by atoms with Gasteiger partial charge in [0.2, 0.25) is 5.91 Å². The molecule has 4 heteroatoms. The van der Waals surface area contributed by atoms with Crippen molar-refractivity contribution >= 4 is 22.5 Å². The van der Waals surface area contributed by atoms with Crippen LogP contribution in [0.5, 0.6) is 0 Å². The number of fused-ring (bicyclic) bond motifs is 1. The maximum absolute atomic E-state index is 12.2. The molecule has 0 saturated heterocycles. The van der Waals surface area contributed by atoms with E-state index in [4.69, 9.17) is 0 Å². The van der Waals surface area contributed by atoms with Crippen LogP contribution in [0.3, 0.4) is 0 Å². The van der Waals surface area contributed by atoms with Gasteiger partial charge < -0.3 is 10.3 Å². The van der Waals surface area contributed by atoms with Crippen LogP contribution in [-0.2, 0) is 4.79 Å². The summed E-state index contributed by atoms with van der Waals surface area (Å²) in [5.74, 6) is -0.144. The Morgan fingerprint density at radius 1 is 1.22 bits per heavy atom. The molecule has 1 amide bonds. The fourth-order valence-electron chi connectivity index (χ4n) is 2.06. The fourth-order valence-corrected chi connectivity index (χ4v) is 2.06. The van der Waals surface area contributed by atoms with Crippen LogP contribution in [-0.4, -0.2) is 10.9 Å². The Balaban J connectivity index is 2.79. The van der Waals surface area contributed by atoms with E-state index in [0.717, 1.165) is 16.8 Å². The molecule has 0 fully saturated rings. The van der Waals surface area contributed by atoms with Crippen molar-refractivity contribution < 1.29 is 4.79 Å². The number of anilines is 1. The smallest absolute Gasteiger partial charge is 0.221 e. The predicted octanol–water partition coefficient (Wildman–Crippen LogP) is 2.41. The SMILES string of the molecule is CC(=O)Nc1cc(C)c2[nH]c(C)c(C)c(=O)c2c1. The van der Waals surface area contributed by atoms with Gasteiger partial charge in [-0.3, -0.25) is 9.59 Å². The van der Waals surface area contributed by atoms with Gasteiger partial charge >= 0.3 is 0 Å². The second-order valence-electron chi connectivity index (χ2n) is 4.60. The third-order valence-corrected chi connectivity index (χ3v) is 3.12. The third kappa shape index (κ3) is 2.01. The van der Waals surface area contributed by atoms with Gasteiger partial charge in [-0.05, 0) is 38.5 Å². The Kier molecular flexibility index (Phi) is 2.95. The van der Waals surface area contributed by atoms with Crippen LogP contribution in [0.4, 0.5) is 5.69 Å². The maximum atomic E-state index is 12.2. The summed E-state index contributed by atoms with van der Waals surface area (Å²) in [5.41, 5.74) is 4.02. The van der Waals surface area contributed by atoms with Gasteiger partial charge in [0.05, 0.1) is 5.52 Å². The molecular formula is C14H16N2O2. The van der Waals surface area contributed by atoms with Gasteiger partial charge in [-0.1, -0.05) is 0 Å². The van der Waals surface area contributed by atoms with Crippen molar-refractivity contribution in [2.45, 2.75) is 27.7 Å². The molecule has 2 N–H and O–H groups in total. The van der Waals surface area contributed by atoms with Gasteiger partial charge in [-0.2, -0.15) is 0 Å². The first-order chi connectivity index (χ1) is 8.40. The van der Waals surface area contributed by atoms with Crippen LogP contribution in [0.2, 0.25) is 0 Å². The van der Waals surface area contributed by atoms with Crippen molar-refractivity contribution in [1.82, 2.24) is 4.98 Å². The van der Waals surface area contributed by atoms with Gasteiger partial charge in [0, 0.05) is 29.3 Å². The Morgan fingerprint density at radius 2 is 1.89 bits per heavy atom. The summed E-state index contributed by atoms with van der Waals surface area (Å²) in [6.45, 7) is 7.05. The maximum Gasteiger partial charge on any atom is 0.221 e. The number of amides is 1. The lowest BCUT2D eigenvalue weighted by atomic mass is 10.1. The molecule has 0 spiro atoms. The zero-order valence-electron chi connectivity index (χ0n) is 11.0. The molecule has 4 nitrogen and oxygen atoms in total. The molecule has 2 aromatic rings. The van der Waals surface area contributed by atoms with Gasteiger partial charge in [-0.25, -0.2) is 0 Å². The van der Waals surface area contributed by atoms with E-state index >= 15 is 0 Å². The van der Waals surface area contributed by atoms with Crippen molar-refractivity contribution in [3.05, 3.63) is 39.2 Å². The molecule has 1 aromatic carbocycles. The average molecular weight is 244 g/mol. The molecule has 2 rings (SSSR count). The van der Waals surface area contributed by atoms with E-state index < -0.39 is 0 Å². The number of carbonyl (C=O) groups is 1. The lowest BCUT2D eigenvalue weighted by Crippen LogP contribution is -2.12. The minimum absolute atomic E-state index is 0.0107. The number of aromatic amines is 1. The first-order valence-corrected chi connectivity index (χ1v) is 5.81. The first kappa shape index (κ1) is 12.4. The summed E-state index contributed by atoms with van der Waals surface area (Å²) in [7, 11) is 0. The van der Waals surface area contributed by atoms with Crippen LogP contribution < -0.4 is 10.7 Å². The highest BCUT2D eigenvalue weighted by molar-refractivity contribution is 5.93. The normalized spacial score (nSPS) is 10.7. The number of aryl methyl sites for hydroxylation is 2. The van der Waals surface area contributed by atoms with E-state index in [1.807, 2.05) is 19.9 Å². The topological polar surface area (TPSA) is 62.0 Å². The zero-order chi connectivity index (χ0) is 13.4. The molecule has 0 atom stereocenters. The van der Waals surface area contributed by atoms with E-state index in [0.29, 0.717) is 16.6 Å².